The summed E-state index contributed by atoms with van der Waals surface area (Å²) in [5.41, 5.74) is 42.4. The molecule has 0 N–H and O–H groups in total. The summed E-state index contributed by atoms with van der Waals surface area (Å²) in [6, 6.07) is 156. The van der Waals surface area contributed by atoms with E-state index in [-0.39, 0.29) is 16.2 Å². The van der Waals surface area contributed by atoms with Crippen LogP contribution in [-0.4, -0.2) is 29.9 Å². The van der Waals surface area contributed by atoms with E-state index < -0.39 is 0 Å². The van der Waals surface area contributed by atoms with Crippen LogP contribution in [0.5, 0.6) is 0 Å². The maximum Gasteiger partial charge on any atom is 0.160 e. The van der Waals surface area contributed by atoms with Crippen molar-refractivity contribution in [3.8, 4) is 209 Å². The molecule has 0 unspecified atom stereocenters. The third-order valence-corrected chi connectivity index (χ3v) is 26.8. The number of aromatic nitrogens is 6. The molecule has 23 rings (SSSR count). The molecule has 0 amide bonds. The molecule has 3 aromatic heterocycles. The largest absolute Gasteiger partial charge is 0.228 e. The summed E-state index contributed by atoms with van der Waals surface area (Å²) in [5, 5.41) is 28.5. The number of benzene rings is 17. The molecule has 3 aliphatic carbocycles. The Labute approximate surface area is 787 Å². The first-order valence-corrected chi connectivity index (χ1v) is 45.6. The van der Waals surface area contributed by atoms with Gasteiger partial charge in [-0.25, -0.2) is 29.9 Å². The third-order valence-electron chi connectivity index (χ3n) is 26.8. The Morgan fingerprint density at radius 3 is 0.674 bits per heavy atom. The van der Waals surface area contributed by atoms with Gasteiger partial charge < -0.3 is 0 Å². The highest BCUT2D eigenvalue weighted by Gasteiger charge is 2.39. The molecule has 0 atom stereocenters. The number of rotatable bonds is 14. The van der Waals surface area contributed by atoms with Crippen molar-refractivity contribution in [2.45, 2.75) is 57.8 Å². The van der Waals surface area contributed by atoms with Crippen LogP contribution in [-0.2, 0) is 16.2 Å². The van der Waals surface area contributed by atoms with Gasteiger partial charge in [-0.3, -0.25) is 0 Å². The van der Waals surface area contributed by atoms with Crippen molar-refractivity contribution in [2.24, 2.45) is 0 Å². The highest BCUT2D eigenvalue weighted by molar-refractivity contribution is 5.91. The van der Waals surface area contributed by atoms with E-state index in [1.165, 1.54) is 77.9 Å². The second-order valence-electron chi connectivity index (χ2n) is 36.3. The van der Waals surface area contributed by atoms with Crippen LogP contribution >= 0.6 is 0 Å². The van der Waals surface area contributed by atoms with E-state index in [9.17, 15) is 15.8 Å². The highest BCUT2D eigenvalue weighted by atomic mass is 14.9. The first kappa shape index (κ1) is 84.3. The van der Waals surface area contributed by atoms with Gasteiger partial charge in [-0.1, -0.05) is 375 Å². The Morgan fingerprint density at radius 2 is 0.363 bits per heavy atom. The fraction of sp³-hybridized carbons (Fsp3) is 0.0714. The normalized spacial score (nSPS) is 12.7. The lowest BCUT2D eigenvalue weighted by Crippen LogP contribution is -2.15. The zero-order valence-electron chi connectivity index (χ0n) is 75.5. The summed E-state index contributed by atoms with van der Waals surface area (Å²) in [6.45, 7) is 13.4. The van der Waals surface area contributed by atoms with Crippen LogP contribution < -0.4 is 0 Å². The molecule has 135 heavy (non-hydrogen) atoms. The van der Waals surface area contributed by atoms with E-state index in [2.05, 4.69) is 357 Å². The Kier molecular flexibility index (Phi) is 22.1. The first-order valence-electron chi connectivity index (χ1n) is 45.6. The Hall–Kier alpha value is -17.6. The van der Waals surface area contributed by atoms with E-state index in [1.807, 2.05) is 133 Å². The quantitative estimate of drug-likeness (QED) is 0.104. The summed E-state index contributed by atoms with van der Waals surface area (Å²) in [5.74, 6) is 2.10. The van der Waals surface area contributed by atoms with Gasteiger partial charge in [0.15, 0.2) is 17.5 Å². The summed E-state index contributed by atoms with van der Waals surface area (Å²) in [7, 11) is 0. The van der Waals surface area contributed by atoms with E-state index in [4.69, 9.17) is 29.9 Å². The van der Waals surface area contributed by atoms with E-state index in [0.29, 0.717) is 34.2 Å². The second kappa shape index (κ2) is 35.4. The zero-order chi connectivity index (χ0) is 91.9. The number of fused-ring (bicyclic) bond motifs is 9. The molecule has 9 heteroatoms. The Bertz CT molecular complexity index is 8070. The predicted octanol–water partition coefficient (Wildman–Crippen LogP) is 31.3. The fourth-order valence-electron chi connectivity index (χ4n) is 19.5. The van der Waals surface area contributed by atoms with Crippen LogP contribution in [0.25, 0.3) is 191 Å². The molecule has 0 fully saturated rings. The standard InChI is InChI=1S/2C44H31N3.C38H27N3/c1-44(2)39-22-20-34(26-38(39)37-21-19-29(28-45)23-40(37)44)33-16-9-17-35(24-33)42-27-41(31-13-7-4-8-14-31)46-43(47-42)36-18-10-15-32(25-36)30-11-5-3-6-12-30;1-44(2)39-23-21-35(26-38(39)37-22-16-29(28-45)24-40(37)44)34-14-9-15-36(25-34)42-27-41(46-43(47-42)33-12-7-4-8-13-33)32-19-17-31(18-20-32)30-10-5-3-6-11-30;1-38(2)33-19-17-29(22-32(33)31-18-16-25(24-39)20-34(31)38)28-14-9-15-30(21-28)36-23-35(26-10-5-3-6-11-26)40-37(41-36)27-12-7-4-8-13-27/h2*3-27H,1-2H3;3-23H,1-2H3. The fourth-order valence-corrected chi connectivity index (χ4v) is 19.5. The molecule has 0 saturated heterocycles. The molecule has 20 aromatic rings. The SMILES string of the molecule is CC1(C)c2ccc(-c3cccc(-c4cc(-c5ccc(-c6ccccc6)cc5)nc(-c5ccccc5)n4)c3)cc2-c2ccc(C#N)cc21.CC1(C)c2ccc(-c3cccc(-c4cc(-c5ccccc5)nc(-c5cccc(-c6ccccc6)c5)n4)c3)cc2-c2ccc(C#N)cc21.CC1(C)c2ccc(-c3cccc(-c4cc(-c5ccccc5)nc(-c5ccccc5)n4)c3)cc2-c2ccc(C#N)cc21. The lowest BCUT2D eigenvalue weighted by atomic mass is 9.81. The molecular weight excluding hydrogens is 1640 g/mol. The van der Waals surface area contributed by atoms with Gasteiger partial charge in [-0.15, -0.1) is 0 Å². The summed E-state index contributed by atoms with van der Waals surface area (Å²) in [4.78, 5) is 30.3. The molecule has 9 nitrogen and oxygen atoms in total. The van der Waals surface area contributed by atoms with Gasteiger partial charge in [0.1, 0.15) is 0 Å². The van der Waals surface area contributed by atoms with Gasteiger partial charge >= 0.3 is 0 Å². The Balaban J connectivity index is 0.000000122. The maximum absolute atomic E-state index is 9.53. The van der Waals surface area contributed by atoms with Crippen molar-refractivity contribution in [3.05, 3.63) is 481 Å². The van der Waals surface area contributed by atoms with Crippen LogP contribution in [0.15, 0.2) is 431 Å². The summed E-state index contributed by atoms with van der Waals surface area (Å²) >= 11 is 0. The minimum Gasteiger partial charge on any atom is -0.228 e. The van der Waals surface area contributed by atoms with Gasteiger partial charge in [0, 0.05) is 66.3 Å². The molecule has 0 saturated carbocycles. The molecule has 0 radical (unpaired) electrons. The van der Waals surface area contributed by atoms with Crippen molar-refractivity contribution in [1.82, 2.24) is 29.9 Å². The van der Waals surface area contributed by atoms with Crippen molar-refractivity contribution in [3.63, 3.8) is 0 Å². The average molecular weight is 1730 g/mol. The lowest BCUT2D eigenvalue weighted by Gasteiger charge is -2.21. The number of nitrogens with zero attached hydrogens (tertiary/aromatic N) is 9. The van der Waals surface area contributed by atoms with Gasteiger partial charge in [0.2, 0.25) is 0 Å². The van der Waals surface area contributed by atoms with Gasteiger partial charge in [0.05, 0.1) is 69.1 Å². The van der Waals surface area contributed by atoms with Crippen molar-refractivity contribution < 1.29 is 0 Å². The molecule has 0 spiro atoms. The predicted molar refractivity (Wildman–Crippen MR) is 549 cm³/mol. The van der Waals surface area contributed by atoms with Crippen LogP contribution in [0.1, 0.15) is 91.6 Å². The topological polar surface area (TPSA) is 149 Å². The second-order valence-corrected chi connectivity index (χ2v) is 36.3. The van der Waals surface area contributed by atoms with Crippen LogP contribution in [0.4, 0.5) is 0 Å². The minimum absolute atomic E-state index is 0.152. The van der Waals surface area contributed by atoms with Crippen LogP contribution in [0.2, 0.25) is 0 Å². The minimum atomic E-state index is -0.166. The van der Waals surface area contributed by atoms with E-state index in [0.717, 1.165) is 129 Å². The van der Waals surface area contributed by atoms with Gasteiger partial charge in [-0.05, 0) is 219 Å². The average Bonchev–Trinajstić information content (AvgIpc) is 1.58. The van der Waals surface area contributed by atoms with Gasteiger partial charge in [0.25, 0.3) is 0 Å². The Morgan fingerprint density at radius 1 is 0.156 bits per heavy atom. The number of hydrogen-bond acceptors (Lipinski definition) is 9. The zero-order valence-corrected chi connectivity index (χ0v) is 75.5. The van der Waals surface area contributed by atoms with Crippen molar-refractivity contribution in [1.29, 1.82) is 15.8 Å². The van der Waals surface area contributed by atoms with E-state index >= 15 is 0 Å². The van der Waals surface area contributed by atoms with Crippen molar-refractivity contribution in [2.75, 3.05) is 0 Å². The monoisotopic (exact) mass is 1730 g/mol. The molecule has 17 aromatic carbocycles. The maximum atomic E-state index is 9.53. The first-order chi connectivity index (χ1) is 66.0. The van der Waals surface area contributed by atoms with Crippen LogP contribution in [0, 0.1) is 34.0 Å². The molecule has 0 aliphatic heterocycles. The molecule has 0 bridgehead atoms. The highest BCUT2D eigenvalue weighted by Crippen LogP contribution is 2.54. The van der Waals surface area contributed by atoms with Crippen LogP contribution in [0.3, 0.4) is 0 Å². The lowest BCUT2D eigenvalue weighted by molar-refractivity contribution is 0.660. The van der Waals surface area contributed by atoms with Gasteiger partial charge in [-0.2, -0.15) is 15.8 Å². The number of hydrogen-bond donors (Lipinski definition) is 0. The number of nitriles is 3. The smallest absolute Gasteiger partial charge is 0.160 e. The molecule has 3 heterocycles. The summed E-state index contributed by atoms with van der Waals surface area (Å²) in [6.07, 6.45) is 0. The molecule has 638 valence electrons. The van der Waals surface area contributed by atoms with Crippen molar-refractivity contribution >= 4 is 0 Å². The molecule has 3 aliphatic rings. The summed E-state index contributed by atoms with van der Waals surface area (Å²) < 4.78 is 0. The molecular formula is C126H89N9. The third kappa shape index (κ3) is 16.5. The van der Waals surface area contributed by atoms with E-state index in [1.54, 1.807) is 0 Å².